The van der Waals surface area contributed by atoms with Gasteiger partial charge in [0.05, 0.1) is 6.61 Å². The van der Waals surface area contributed by atoms with Gasteiger partial charge in [-0.3, -0.25) is 0 Å². The van der Waals surface area contributed by atoms with Crippen molar-refractivity contribution in [1.29, 1.82) is 0 Å². The largest absolute Gasteiger partial charge is 0.494 e. The molecule has 2 aromatic carbocycles. The maximum Gasteiger partial charge on any atom is 0.319 e. The fourth-order valence-electron chi connectivity index (χ4n) is 1.77. The number of carbonyl (C=O) groups is 1. The molecule has 0 heterocycles. The molecule has 0 unspecified atom stereocenters. The Morgan fingerprint density at radius 3 is 2.67 bits per heavy atom. The molecule has 0 saturated heterocycles. The van der Waals surface area contributed by atoms with E-state index in [1.165, 1.54) is 0 Å². The summed E-state index contributed by atoms with van der Waals surface area (Å²) in [4.78, 5) is 11.7. The van der Waals surface area contributed by atoms with Crippen molar-refractivity contribution in [2.75, 3.05) is 24.2 Å². The Morgan fingerprint density at radius 2 is 1.90 bits per heavy atom. The second-order valence-corrected chi connectivity index (χ2v) is 4.52. The number of para-hydroxylation sites is 1. The van der Waals surface area contributed by atoms with E-state index in [9.17, 15) is 4.79 Å². The zero-order valence-corrected chi connectivity index (χ0v) is 11.7. The summed E-state index contributed by atoms with van der Waals surface area (Å²) in [6.07, 6.45) is 0.735. The van der Waals surface area contributed by atoms with Crippen LogP contribution in [-0.2, 0) is 0 Å². The molecule has 2 aromatic rings. The van der Waals surface area contributed by atoms with Crippen LogP contribution in [0.2, 0.25) is 0 Å². The highest BCUT2D eigenvalue weighted by Gasteiger charge is 2.01. The molecule has 0 fully saturated rings. The van der Waals surface area contributed by atoms with Gasteiger partial charge in [0.2, 0.25) is 0 Å². The Kier molecular flexibility index (Phi) is 5.46. The molecule has 0 aromatic heterocycles. The lowest BCUT2D eigenvalue weighted by atomic mass is 10.3. The Balaban J connectivity index is 1.61. The minimum atomic E-state index is -0.250. The highest BCUT2D eigenvalue weighted by Crippen LogP contribution is 2.11. The number of nitrogens with one attached hydrogen (secondary N) is 2. The number of rotatable bonds is 6. The third-order valence-corrected chi connectivity index (χ3v) is 2.76. The predicted octanol–water partition coefficient (Wildman–Crippen LogP) is 2.86. The Labute approximate surface area is 124 Å². The molecular weight excluding hydrogens is 266 g/mol. The second kappa shape index (κ2) is 7.79. The SMILES string of the molecule is Nc1cccc(NC(=O)NCCCOc2ccccc2)c1. The van der Waals surface area contributed by atoms with E-state index in [4.69, 9.17) is 10.5 Å². The molecule has 0 bridgehead atoms. The van der Waals surface area contributed by atoms with Gasteiger partial charge in [0, 0.05) is 17.9 Å². The monoisotopic (exact) mass is 285 g/mol. The quantitative estimate of drug-likeness (QED) is 0.564. The number of hydrogen-bond donors (Lipinski definition) is 3. The van der Waals surface area contributed by atoms with Gasteiger partial charge in [0.25, 0.3) is 0 Å². The molecule has 0 atom stereocenters. The summed E-state index contributed by atoms with van der Waals surface area (Å²) < 4.78 is 5.53. The molecule has 4 N–H and O–H groups in total. The van der Waals surface area contributed by atoms with Gasteiger partial charge in [-0.1, -0.05) is 24.3 Å². The summed E-state index contributed by atoms with van der Waals surface area (Å²) in [6, 6.07) is 16.4. The van der Waals surface area contributed by atoms with E-state index in [0.29, 0.717) is 24.5 Å². The van der Waals surface area contributed by atoms with Crippen molar-refractivity contribution in [2.24, 2.45) is 0 Å². The van der Waals surface area contributed by atoms with Crippen molar-refractivity contribution in [2.45, 2.75) is 6.42 Å². The number of amides is 2. The van der Waals surface area contributed by atoms with Gasteiger partial charge >= 0.3 is 6.03 Å². The topological polar surface area (TPSA) is 76.4 Å². The van der Waals surface area contributed by atoms with Crippen molar-refractivity contribution < 1.29 is 9.53 Å². The van der Waals surface area contributed by atoms with Crippen LogP contribution in [0.3, 0.4) is 0 Å². The van der Waals surface area contributed by atoms with Crippen LogP contribution in [0.1, 0.15) is 6.42 Å². The highest BCUT2D eigenvalue weighted by atomic mass is 16.5. The van der Waals surface area contributed by atoms with Crippen molar-refractivity contribution in [3.63, 3.8) is 0 Å². The van der Waals surface area contributed by atoms with Crippen LogP contribution in [-0.4, -0.2) is 19.2 Å². The number of nitrogens with two attached hydrogens (primary N) is 1. The molecule has 0 saturated carbocycles. The van der Waals surface area contributed by atoms with Crippen LogP contribution in [0.25, 0.3) is 0 Å². The van der Waals surface area contributed by atoms with Crippen molar-refractivity contribution in [3.8, 4) is 5.75 Å². The first-order valence-electron chi connectivity index (χ1n) is 6.82. The lowest BCUT2D eigenvalue weighted by molar-refractivity contribution is 0.250. The summed E-state index contributed by atoms with van der Waals surface area (Å²) >= 11 is 0. The molecule has 0 radical (unpaired) electrons. The number of nitrogen functional groups attached to an aromatic ring is 1. The van der Waals surface area contributed by atoms with Gasteiger partial charge in [-0.2, -0.15) is 0 Å². The molecule has 2 amide bonds. The lowest BCUT2D eigenvalue weighted by Crippen LogP contribution is -2.30. The Morgan fingerprint density at radius 1 is 1.10 bits per heavy atom. The van der Waals surface area contributed by atoms with Gasteiger partial charge in [0.1, 0.15) is 5.75 Å². The third kappa shape index (κ3) is 5.44. The zero-order chi connectivity index (χ0) is 14.9. The fourth-order valence-corrected chi connectivity index (χ4v) is 1.77. The van der Waals surface area contributed by atoms with E-state index in [2.05, 4.69) is 10.6 Å². The third-order valence-electron chi connectivity index (χ3n) is 2.76. The molecule has 0 spiro atoms. The molecule has 2 rings (SSSR count). The Bertz CT molecular complexity index is 573. The standard InChI is InChI=1S/C16H19N3O2/c17-13-6-4-7-14(12-13)19-16(20)18-10-5-11-21-15-8-2-1-3-9-15/h1-4,6-9,12H,5,10-11,17H2,(H2,18,19,20). The van der Waals surface area contributed by atoms with E-state index >= 15 is 0 Å². The maximum atomic E-state index is 11.7. The number of ether oxygens (including phenoxy) is 1. The van der Waals surface area contributed by atoms with Crippen LogP contribution in [0.15, 0.2) is 54.6 Å². The predicted molar refractivity (Wildman–Crippen MR) is 84.4 cm³/mol. The van der Waals surface area contributed by atoms with Gasteiger partial charge in [-0.15, -0.1) is 0 Å². The lowest BCUT2D eigenvalue weighted by Gasteiger charge is -2.09. The minimum absolute atomic E-state index is 0.250. The zero-order valence-electron chi connectivity index (χ0n) is 11.7. The van der Waals surface area contributed by atoms with Gasteiger partial charge in [-0.05, 0) is 36.8 Å². The molecule has 0 aliphatic heterocycles. The number of hydrogen-bond acceptors (Lipinski definition) is 3. The molecule has 5 heteroatoms. The number of anilines is 2. The highest BCUT2D eigenvalue weighted by molar-refractivity contribution is 5.89. The fraction of sp³-hybridized carbons (Fsp3) is 0.188. The van der Waals surface area contributed by atoms with Gasteiger partial charge in [0.15, 0.2) is 0 Å². The smallest absolute Gasteiger partial charge is 0.319 e. The molecule has 21 heavy (non-hydrogen) atoms. The molecule has 110 valence electrons. The Hall–Kier alpha value is -2.69. The molecule has 5 nitrogen and oxygen atoms in total. The number of urea groups is 1. The first kappa shape index (κ1) is 14.7. The van der Waals surface area contributed by atoms with Crippen LogP contribution >= 0.6 is 0 Å². The van der Waals surface area contributed by atoms with Crippen molar-refractivity contribution >= 4 is 17.4 Å². The molecule has 0 aliphatic carbocycles. The van der Waals surface area contributed by atoms with E-state index in [1.54, 1.807) is 24.3 Å². The normalized spacial score (nSPS) is 9.90. The first-order valence-corrected chi connectivity index (χ1v) is 6.82. The van der Waals surface area contributed by atoms with Crippen LogP contribution in [0.4, 0.5) is 16.2 Å². The molecular formula is C16H19N3O2. The maximum absolute atomic E-state index is 11.7. The van der Waals surface area contributed by atoms with Crippen LogP contribution in [0, 0.1) is 0 Å². The average Bonchev–Trinajstić information content (AvgIpc) is 2.48. The van der Waals surface area contributed by atoms with E-state index in [0.717, 1.165) is 12.2 Å². The summed E-state index contributed by atoms with van der Waals surface area (Å²) in [5.74, 6) is 0.835. The van der Waals surface area contributed by atoms with E-state index in [-0.39, 0.29) is 6.03 Å². The number of carbonyl (C=O) groups excluding carboxylic acids is 1. The first-order chi connectivity index (χ1) is 10.2. The van der Waals surface area contributed by atoms with E-state index in [1.807, 2.05) is 30.3 Å². The summed E-state index contributed by atoms with van der Waals surface area (Å²) in [5, 5.41) is 5.49. The van der Waals surface area contributed by atoms with Crippen LogP contribution in [0.5, 0.6) is 5.75 Å². The minimum Gasteiger partial charge on any atom is -0.494 e. The van der Waals surface area contributed by atoms with Crippen LogP contribution < -0.4 is 21.1 Å². The van der Waals surface area contributed by atoms with Crippen molar-refractivity contribution in [1.82, 2.24) is 5.32 Å². The summed E-state index contributed by atoms with van der Waals surface area (Å²) in [5.41, 5.74) is 6.93. The summed E-state index contributed by atoms with van der Waals surface area (Å²) in [7, 11) is 0. The van der Waals surface area contributed by atoms with Gasteiger partial charge < -0.3 is 21.1 Å². The molecule has 0 aliphatic rings. The van der Waals surface area contributed by atoms with E-state index < -0.39 is 0 Å². The average molecular weight is 285 g/mol. The summed E-state index contributed by atoms with van der Waals surface area (Å²) in [6.45, 7) is 1.10. The second-order valence-electron chi connectivity index (χ2n) is 4.52. The number of benzene rings is 2. The van der Waals surface area contributed by atoms with Crippen molar-refractivity contribution in [3.05, 3.63) is 54.6 Å². The van der Waals surface area contributed by atoms with Gasteiger partial charge in [-0.25, -0.2) is 4.79 Å².